The smallest absolute Gasteiger partial charge is 0.412 e. The Morgan fingerprint density at radius 2 is 1.73 bits per heavy atom. The molecular formula is C29H29N3O9. The lowest BCUT2D eigenvalue weighted by Crippen LogP contribution is -2.63. The Labute approximate surface area is 234 Å². The Hall–Kier alpha value is -4.68. The van der Waals surface area contributed by atoms with Crippen molar-refractivity contribution >= 4 is 23.6 Å². The zero-order valence-corrected chi connectivity index (χ0v) is 22.5. The second-order valence-corrected chi connectivity index (χ2v) is 10.6. The van der Waals surface area contributed by atoms with Crippen LogP contribution in [0.25, 0.3) is 11.1 Å². The predicted molar refractivity (Wildman–Crippen MR) is 144 cm³/mol. The molecule has 0 radical (unpaired) electrons. The monoisotopic (exact) mass is 563 g/mol. The fraction of sp³-hybridized carbons (Fsp3) is 0.310. The Morgan fingerprint density at radius 1 is 1.07 bits per heavy atom. The number of hydrogen-bond acceptors (Lipinski definition) is 10. The van der Waals surface area contributed by atoms with Crippen molar-refractivity contribution in [2.75, 3.05) is 21.1 Å². The normalized spacial score (nSPS) is 25.4. The van der Waals surface area contributed by atoms with Gasteiger partial charge in [-0.25, -0.2) is 4.79 Å². The zero-order valence-electron chi connectivity index (χ0n) is 22.5. The van der Waals surface area contributed by atoms with Gasteiger partial charge in [-0.3, -0.25) is 19.3 Å². The first-order valence-electron chi connectivity index (χ1n) is 12.8. The number of likely N-dealkylation sites (N-methyl/N-ethyl adjacent to an activating group) is 1. The van der Waals surface area contributed by atoms with Gasteiger partial charge in [0.2, 0.25) is 5.78 Å². The molecule has 2 amide bonds. The van der Waals surface area contributed by atoms with E-state index in [2.05, 4.69) is 5.32 Å². The van der Waals surface area contributed by atoms with Crippen LogP contribution in [0, 0.1) is 11.8 Å². The van der Waals surface area contributed by atoms with Crippen molar-refractivity contribution in [1.29, 1.82) is 0 Å². The van der Waals surface area contributed by atoms with Gasteiger partial charge in [-0.05, 0) is 67.7 Å². The first-order valence-corrected chi connectivity index (χ1v) is 12.8. The highest BCUT2D eigenvalue weighted by Gasteiger charge is 2.63. The number of aliphatic hydroxyl groups excluding tert-OH is 2. The van der Waals surface area contributed by atoms with E-state index in [4.69, 9.17) is 10.5 Å². The maximum atomic E-state index is 13.9. The van der Waals surface area contributed by atoms with Gasteiger partial charge in [0.25, 0.3) is 5.91 Å². The van der Waals surface area contributed by atoms with Crippen molar-refractivity contribution in [2.24, 2.45) is 17.6 Å². The SMILES string of the molecule is CNC(=O)Oc1ccc(-c2ccc(O)c3c2C[C@H]2C[C@H]4C(N(C)C)C(O)=C(C(N)=O)C(=O)[C@@]4(O)C(O)=C2C3=O)cc1. The highest BCUT2D eigenvalue weighted by Crippen LogP contribution is 2.53. The molecule has 2 aromatic carbocycles. The summed E-state index contributed by atoms with van der Waals surface area (Å²) in [4.78, 5) is 52.4. The van der Waals surface area contributed by atoms with Crippen LogP contribution in [0.5, 0.6) is 11.5 Å². The topological polar surface area (TPSA) is 200 Å². The molecule has 4 atom stereocenters. The molecule has 5 rings (SSSR count). The summed E-state index contributed by atoms with van der Waals surface area (Å²) >= 11 is 0. The predicted octanol–water partition coefficient (Wildman–Crippen LogP) is 1.51. The molecule has 41 heavy (non-hydrogen) atoms. The zero-order chi connectivity index (χ0) is 30.0. The molecule has 12 nitrogen and oxygen atoms in total. The number of rotatable bonds is 4. The number of phenolic OH excluding ortho intramolecular Hbond substituents is 1. The number of allylic oxidation sites excluding steroid dienone is 1. The minimum Gasteiger partial charge on any atom is -0.510 e. The minimum absolute atomic E-state index is 0.0141. The lowest BCUT2D eigenvalue weighted by molar-refractivity contribution is -0.148. The van der Waals surface area contributed by atoms with Crippen LogP contribution in [-0.4, -0.2) is 81.7 Å². The molecule has 0 bridgehead atoms. The van der Waals surface area contributed by atoms with Gasteiger partial charge in [0.05, 0.1) is 11.6 Å². The molecule has 0 spiro atoms. The summed E-state index contributed by atoms with van der Waals surface area (Å²) in [6.07, 6.45) is -0.503. The number of nitrogens with two attached hydrogens (primary N) is 1. The molecule has 3 aliphatic rings. The summed E-state index contributed by atoms with van der Waals surface area (Å²) < 4.78 is 5.13. The third-order valence-corrected chi connectivity index (χ3v) is 8.19. The number of phenols is 1. The quantitative estimate of drug-likeness (QED) is 0.296. The lowest BCUT2D eigenvalue weighted by Gasteiger charge is -2.50. The average Bonchev–Trinajstić information content (AvgIpc) is 2.91. The summed E-state index contributed by atoms with van der Waals surface area (Å²) in [6.45, 7) is 0. The van der Waals surface area contributed by atoms with E-state index in [-0.39, 0.29) is 29.7 Å². The summed E-state index contributed by atoms with van der Waals surface area (Å²) in [5, 5.41) is 47.1. The lowest BCUT2D eigenvalue weighted by atomic mass is 9.58. The minimum atomic E-state index is -2.70. The van der Waals surface area contributed by atoms with Crippen LogP contribution >= 0.6 is 0 Å². The summed E-state index contributed by atoms with van der Waals surface area (Å²) in [5.41, 5.74) is 3.25. The van der Waals surface area contributed by atoms with E-state index in [9.17, 15) is 39.6 Å². The van der Waals surface area contributed by atoms with Gasteiger partial charge < -0.3 is 36.2 Å². The standard InChI is InChI=1S/C29H29N3O9/c1-31-28(39)41-14-6-4-12(5-7-14)15-8-9-18(33)20-16(15)10-13-11-17-22(32(2)3)24(35)21(27(30)38)26(37)29(17,40)25(36)19(13)23(20)34/h4-9,13,17,22,33,35-36,40H,10-11H2,1-3H3,(H2,30,38)(H,31,39)/t13-,17-,22?,29-/m0/s1. The van der Waals surface area contributed by atoms with Gasteiger partial charge >= 0.3 is 6.09 Å². The van der Waals surface area contributed by atoms with Gasteiger partial charge in [-0.2, -0.15) is 0 Å². The second-order valence-electron chi connectivity index (χ2n) is 10.6. The molecule has 0 aliphatic heterocycles. The average molecular weight is 564 g/mol. The molecule has 0 heterocycles. The third kappa shape index (κ3) is 4.06. The Bertz CT molecular complexity index is 1570. The van der Waals surface area contributed by atoms with Crippen molar-refractivity contribution in [3.05, 3.63) is 70.2 Å². The van der Waals surface area contributed by atoms with Crippen molar-refractivity contribution in [2.45, 2.75) is 24.5 Å². The number of carbonyl (C=O) groups excluding carboxylic acids is 4. The maximum Gasteiger partial charge on any atom is 0.412 e. The van der Waals surface area contributed by atoms with E-state index in [1.54, 1.807) is 44.4 Å². The molecule has 12 heteroatoms. The van der Waals surface area contributed by atoms with E-state index in [0.717, 1.165) is 0 Å². The second kappa shape index (κ2) is 9.75. The summed E-state index contributed by atoms with van der Waals surface area (Å²) in [5.74, 6) is -6.75. The molecule has 7 N–H and O–H groups in total. The number of nitrogens with one attached hydrogen (secondary N) is 1. The fourth-order valence-corrected chi connectivity index (χ4v) is 6.38. The largest absolute Gasteiger partial charge is 0.510 e. The number of benzene rings is 2. The number of nitrogens with zero attached hydrogens (tertiary/aromatic N) is 1. The van der Waals surface area contributed by atoms with Crippen molar-refractivity contribution in [1.82, 2.24) is 10.2 Å². The number of amides is 2. The molecular weight excluding hydrogens is 534 g/mol. The number of primary amides is 1. The van der Waals surface area contributed by atoms with E-state index in [1.807, 2.05) is 0 Å². The van der Waals surface area contributed by atoms with Crippen LogP contribution in [0.2, 0.25) is 0 Å². The number of Topliss-reactive ketones (excluding diaryl/α,β-unsaturated/α-hetero) is 2. The number of aromatic hydroxyl groups is 1. The number of fused-ring (bicyclic) bond motifs is 3. The van der Waals surface area contributed by atoms with Gasteiger partial charge in [0, 0.05) is 18.5 Å². The van der Waals surface area contributed by atoms with Crippen LogP contribution in [0.4, 0.5) is 4.79 Å². The third-order valence-electron chi connectivity index (χ3n) is 8.19. The number of hydrogen-bond donors (Lipinski definition) is 6. The molecule has 3 aliphatic carbocycles. The summed E-state index contributed by atoms with van der Waals surface area (Å²) in [7, 11) is 4.57. The Balaban J connectivity index is 1.64. The molecule has 0 saturated carbocycles. The van der Waals surface area contributed by atoms with Crippen LogP contribution < -0.4 is 15.8 Å². The van der Waals surface area contributed by atoms with Crippen LogP contribution in [0.3, 0.4) is 0 Å². The first-order chi connectivity index (χ1) is 19.3. The van der Waals surface area contributed by atoms with E-state index < -0.39 is 64.1 Å². The van der Waals surface area contributed by atoms with Crippen molar-refractivity contribution in [3.8, 4) is 22.6 Å². The van der Waals surface area contributed by atoms with Crippen LogP contribution in [-0.2, 0) is 16.0 Å². The molecule has 0 fully saturated rings. The molecule has 1 unspecified atom stereocenters. The van der Waals surface area contributed by atoms with Crippen LogP contribution in [0.1, 0.15) is 22.3 Å². The van der Waals surface area contributed by atoms with E-state index >= 15 is 0 Å². The van der Waals surface area contributed by atoms with Crippen molar-refractivity contribution < 1.29 is 44.3 Å². The van der Waals surface area contributed by atoms with Crippen molar-refractivity contribution in [3.63, 3.8) is 0 Å². The van der Waals surface area contributed by atoms with Gasteiger partial charge in [0.1, 0.15) is 28.6 Å². The molecule has 214 valence electrons. The molecule has 0 saturated heterocycles. The Kier molecular flexibility index (Phi) is 6.63. The number of ketones is 2. The number of ether oxygens (including phenoxy) is 1. The van der Waals surface area contributed by atoms with E-state index in [1.165, 1.54) is 18.0 Å². The number of aliphatic hydroxyl groups is 3. The fourth-order valence-electron chi connectivity index (χ4n) is 6.38. The molecule has 0 aromatic heterocycles. The number of carbonyl (C=O) groups is 4. The van der Waals surface area contributed by atoms with Gasteiger partial charge in [-0.15, -0.1) is 0 Å². The maximum absolute atomic E-state index is 13.9. The van der Waals surface area contributed by atoms with E-state index in [0.29, 0.717) is 22.4 Å². The molecule has 2 aromatic rings. The van der Waals surface area contributed by atoms with Crippen LogP contribution in [0.15, 0.2) is 59.1 Å². The summed E-state index contributed by atoms with van der Waals surface area (Å²) in [6, 6.07) is 8.43. The highest BCUT2D eigenvalue weighted by molar-refractivity contribution is 6.24. The van der Waals surface area contributed by atoms with Gasteiger partial charge in [-0.1, -0.05) is 18.2 Å². The first kappa shape index (κ1) is 27.9. The van der Waals surface area contributed by atoms with Gasteiger partial charge in [0.15, 0.2) is 11.4 Å². The Morgan fingerprint density at radius 3 is 2.32 bits per heavy atom. The highest BCUT2D eigenvalue weighted by atomic mass is 16.5.